The molecular formula is C16H25NO2. The summed E-state index contributed by atoms with van der Waals surface area (Å²) in [6.07, 6.45) is 4.32. The lowest BCUT2D eigenvalue weighted by molar-refractivity contribution is 0.220. The number of ether oxygens (including phenoxy) is 1. The lowest BCUT2D eigenvalue weighted by atomic mass is 9.75. The summed E-state index contributed by atoms with van der Waals surface area (Å²) in [5.74, 6) is 1.60. The summed E-state index contributed by atoms with van der Waals surface area (Å²) in [5, 5.41) is 12.6. The minimum absolute atomic E-state index is 0.275. The SMILES string of the molecule is CCC(CCO)NC1CC(c2cccc(OC)c2)C1. The average Bonchev–Trinajstić information content (AvgIpc) is 2.41. The van der Waals surface area contributed by atoms with E-state index in [2.05, 4.69) is 30.4 Å². The Morgan fingerprint density at radius 3 is 2.84 bits per heavy atom. The molecule has 1 aliphatic carbocycles. The Kier molecular flexibility index (Phi) is 5.23. The van der Waals surface area contributed by atoms with Gasteiger partial charge in [-0.15, -0.1) is 0 Å². The molecule has 0 aromatic heterocycles. The van der Waals surface area contributed by atoms with Crippen molar-refractivity contribution < 1.29 is 9.84 Å². The molecule has 1 fully saturated rings. The molecule has 106 valence electrons. The van der Waals surface area contributed by atoms with Gasteiger partial charge in [0.15, 0.2) is 0 Å². The Labute approximate surface area is 116 Å². The second-order valence-corrected chi connectivity index (χ2v) is 5.43. The van der Waals surface area contributed by atoms with Gasteiger partial charge in [0.1, 0.15) is 5.75 Å². The molecule has 0 radical (unpaired) electrons. The molecule has 19 heavy (non-hydrogen) atoms. The molecule has 1 aromatic rings. The number of methoxy groups -OCH3 is 1. The van der Waals surface area contributed by atoms with Crippen LogP contribution < -0.4 is 10.1 Å². The van der Waals surface area contributed by atoms with Gasteiger partial charge in [0.05, 0.1) is 7.11 Å². The van der Waals surface area contributed by atoms with Gasteiger partial charge in [0, 0.05) is 18.7 Å². The normalized spacial score (nSPS) is 23.7. The molecule has 3 nitrogen and oxygen atoms in total. The van der Waals surface area contributed by atoms with Crippen molar-refractivity contribution in [3.05, 3.63) is 29.8 Å². The number of aliphatic hydroxyl groups is 1. The van der Waals surface area contributed by atoms with Gasteiger partial charge in [-0.1, -0.05) is 19.1 Å². The summed E-state index contributed by atoms with van der Waals surface area (Å²) in [7, 11) is 1.71. The highest BCUT2D eigenvalue weighted by Crippen LogP contribution is 2.38. The van der Waals surface area contributed by atoms with E-state index in [-0.39, 0.29) is 6.61 Å². The van der Waals surface area contributed by atoms with Crippen LogP contribution in [0, 0.1) is 0 Å². The second kappa shape index (κ2) is 6.92. The Morgan fingerprint density at radius 2 is 2.21 bits per heavy atom. The van der Waals surface area contributed by atoms with E-state index in [1.165, 1.54) is 18.4 Å². The summed E-state index contributed by atoms with van der Waals surface area (Å²) in [4.78, 5) is 0. The van der Waals surface area contributed by atoms with Gasteiger partial charge in [-0.05, 0) is 49.3 Å². The van der Waals surface area contributed by atoms with Crippen LogP contribution in [0.15, 0.2) is 24.3 Å². The Hall–Kier alpha value is -1.06. The molecule has 0 aliphatic heterocycles. The van der Waals surface area contributed by atoms with Crippen molar-refractivity contribution in [2.75, 3.05) is 13.7 Å². The molecule has 1 aromatic carbocycles. The monoisotopic (exact) mass is 263 g/mol. The number of hydrogen-bond donors (Lipinski definition) is 2. The molecule has 3 heteroatoms. The lowest BCUT2D eigenvalue weighted by Crippen LogP contribution is -2.45. The third-order valence-electron chi connectivity index (χ3n) is 4.15. The van der Waals surface area contributed by atoms with Gasteiger partial charge in [0.2, 0.25) is 0 Å². The van der Waals surface area contributed by atoms with Crippen molar-refractivity contribution in [2.45, 2.75) is 50.6 Å². The van der Waals surface area contributed by atoms with Crippen LogP contribution in [0.25, 0.3) is 0 Å². The maximum atomic E-state index is 9.01. The molecule has 0 saturated heterocycles. The van der Waals surface area contributed by atoms with Gasteiger partial charge in [-0.2, -0.15) is 0 Å². The van der Waals surface area contributed by atoms with Gasteiger partial charge < -0.3 is 15.2 Å². The predicted molar refractivity (Wildman–Crippen MR) is 77.7 cm³/mol. The molecule has 1 unspecified atom stereocenters. The first-order chi connectivity index (χ1) is 9.26. The van der Waals surface area contributed by atoms with E-state index in [9.17, 15) is 0 Å². The fourth-order valence-electron chi connectivity index (χ4n) is 2.82. The van der Waals surface area contributed by atoms with E-state index in [1.54, 1.807) is 7.11 Å². The quantitative estimate of drug-likeness (QED) is 0.794. The summed E-state index contributed by atoms with van der Waals surface area (Å²) in [6.45, 7) is 2.45. The van der Waals surface area contributed by atoms with Gasteiger partial charge in [-0.25, -0.2) is 0 Å². The molecule has 1 saturated carbocycles. The zero-order chi connectivity index (χ0) is 13.7. The smallest absolute Gasteiger partial charge is 0.119 e. The number of aliphatic hydroxyl groups excluding tert-OH is 1. The molecule has 0 heterocycles. The number of hydrogen-bond acceptors (Lipinski definition) is 3. The largest absolute Gasteiger partial charge is 0.497 e. The number of nitrogens with one attached hydrogen (secondary N) is 1. The minimum Gasteiger partial charge on any atom is -0.497 e. The first-order valence-electron chi connectivity index (χ1n) is 7.27. The van der Waals surface area contributed by atoms with Gasteiger partial charge in [-0.3, -0.25) is 0 Å². The predicted octanol–water partition coefficient (Wildman–Crippen LogP) is 2.69. The summed E-state index contributed by atoms with van der Waals surface area (Å²) < 4.78 is 5.27. The zero-order valence-corrected chi connectivity index (χ0v) is 11.9. The van der Waals surface area contributed by atoms with E-state index in [0.717, 1.165) is 18.6 Å². The van der Waals surface area contributed by atoms with Crippen LogP contribution >= 0.6 is 0 Å². The number of benzene rings is 1. The summed E-state index contributed by atoms with van der Waals surface area (Å²) >= 11 is 0. The molecule has 0 bridgehead atoms. The maximum Gasteiger partial charge on any atom is 0.119 e. The van der Waals surface area contributed by atoms with Crippen LogP contribution in [0.5, 0.6) is 5.75 Å². The van der Waals surface area contributed by atoms with Crippen LogP contribution in [-0.4, -0.2) is 30.9 Å². The minimum atomic E-state index is 0.275. The van der Waals surface area contributed by atoms with Gasteiger partial charge >= 0.3 is 0 Å². The zero-order valence-electron chi connectivity index (χ0n) is 11.9. The van der Waals surface area contributed by atoms with Crippen molar-refractivity contribution in [1.82, 2.24) is 5.32 Å². The van der Waals surface area contributed by atoms with E-state index >= 15 is 0 Å². The molecule has 1 aliphatic rings. The van der Waals surface area contributed by atoms with E-state index < -0.39 is 0 Å². The third kappa shape index (κ3) is 3.71. The van der Waals surface area contributed by atoms with Crippen molar-refractivity contribution in [3.63, 3.8) is 0 Å². The highest BCUT2D eigenvalue weighted by atomic mass is 16.5. The molecule has 1 atom stereocenters. The van der Waals surface area contributed by atoms with Crippen LogP contribution in [0.2, 0.25) is 0 Å². The molecule has 0 amide bonds. The second-order valence-electron chi connectivity index (χ2n) is 5.43. The van der Waals surface area contributed by atoms with E-state index in [4.69, 9.17) is 9.84 Å². The van der Waals surface area contributed by atoms with Gasteiger partial charge in [0.25, 0.3) is 0 Å². The van der Waals surface area contributed by atoms with E-state index in [0.29, 0.717) is 18.0 Å². The van der Waals surface area contributed by atoms with Crippen LogP contribution in [0.4, 0.5) is 0 Å². The van der Waals surface area contributed by atoms with E-state index in [1.807, 2.05) is 6.07 Å². The average molecular weight is 263 g/mol. The first-order valence-corrected chi connectivity index (χ1v) is 7.27. The van der Waals surface area contributed by atoms with Crippen LogP contribution in [0.3, 0.4) is 0 Å². The number of rotatable bonds is 7. The summed E-state index contributed by atoms with van der Waals surface area (Å²) in [5.41, 5.74) is 1.38. The lowest BCUT2D eigenvalue weighted by Gasteiger charge is -2.38. The van der Waals surface area contributed by atoms with Crippen LogP contribution in [-0.2, 0) is 0 Å². The molecular weight excluding hydrogens is 238 g/mol. The topological polar surface area (TPSA) is 41.5 Å². The van der Waals surface area contributed by atoms with Crippen molar-refractivity contribution in [3.8, 4) is 5.75 Å². The summed E-state index contributed by atoms with van der Waals surface area (Å²) in [6, 6.07) is 9.45. The third-order valence-corrected chi connectivity index (χ3v) is 4.15. The fraction of sp³-hybridized carbons (Fsp3) is 0.625. The Balaban J connectivity index is 1.82. The van der Waals surface area contributed by atoms with Crippen molar-refractivity contribution in [2.24, 2.45) is 0 Å². The highest BCUT2D eigenvalue weighted by molar-refractivity contribution is 5.32. The first kappa shape index (κ1) is 14.4. The van der Waals surface area contributed by atoms with Crippen molar-refractivity contribution in [1.29, 1.82) is 0 Å². The Morgan fingerprint density at radius 1 is 1.42 bits per heavy atom. The standard InChI is InChI=1S/C16H25NO2/c1-3-14(7-8-18)17-15-9-13(10-15)12-5-4-6-16(11-12)19-2/h4-6,11,13-15,17-18H,3,7-10H2,1-2H3. The molecule has 2 rings (SSSR count). The molecule has 0 spiro atoms. The van der Waals surface area contributed by atoms with Crippen molar-refractivity contribution >= 4 is 0 Å². The Bertz CT molecular complexity index is 388. The molecule has 2 N–H and O–H groups in total. The maximum absolute atomic E-state index is 9.01. The van der Waals surface area contributed by atoms with Crippen LogP contribution in [0.1, 0.15) is 44.1 Å². The fourth-order valence-corrected chi connectivity index (χ4v) is 2.82. The highest BCUT2D eigenvalue weighted by Gasteiger charge is 2.31.